The van der Waals surface area contributed by atoms with Crippen molar-refractivity contribution in [3.63, 3.8) is 0 Å². The van der Waals surface area contributed by atoms with Gasteiger partial charge in [0.2, 0.25) is 11.8 Å². The van der Waals surface area contributed by atoms with Gasteiger partial charge in [0.05, 0.1) is 22.9 Å². The number of rotatable bonds is 7. The molecule has 1 fully saturated rings. The highest BCUT2D eigenvalue weighted by molar-refractivity contribution is 7.13. The van der Waals surface area contributed by atoms with Crippen molar-refractivity contribution in [2.24, 2.45) is 5.92 Å². The summed E-state index contributed by atoms with van der Waals surface area (Å²) in [6.07, 6.45) is 3.52. The Labute approximate surface area is 137 Å². The Kier molecular flexibility index (Phi) is 4.47. The number of carboxylic acids is 1. The Balaban J connectivity index is 1.66. The van der Waals surface area contributed by atoms with E-state index < -0.39 is 11.9 Å². The van der Waals surface area contributed by atoms with Crippen molar-refractivity contribution < 1.29 is 19.1 Å². The Morgan fingerprint density at radius 3 is 2.91 bits per heavy atom. The molecule has 0 aliphatic heterocycles. The fourth-order valence-corrected chi connectivity index (χ4v) is 3.03. The molecule has 2 aromatic rings. The summed E-state index contributed by atoms with van der Waals surface area (Å²) in [5.74, 6) is -1.03. The van der Waals surface area contributed by atoms with E-state index in [1.54, 1.807) is 11.8 Å². The minimum absolute atomic E-state index is 0.0911. The number of nitrogens with zero attached hydrogens (tertiary/aromatic N) is 2. The van der Waals surface area contributed by atoms with Crippen LogP contribution < -0.4 is 0 Å². The highest BCUT2D eigenvalue weighted by Crippen LogP contribution is 2.29. The lowest BCUT2D eigenvalue weighted by Gasteiger charge is -2.24. The van der Waals surface area contributed by atoms with Gasteiger partial charge >= 0.3 is 5.97 Å². The zero-order valence-electron chi connectivity index (χ0n) is 12.8. The number of amides is 1. The van der Waals surface area contributed by atoms with Crippen LogP contribution in [0.1, 0.15) is 25.5 Å². The molecule has 0 aromatic carbocycles. The second-order valence-electron chi connectivity index (χ2n) is 5.81. The molecule has 2 heterocycles. The van der Waals surface area contributed by atoms with E-state index in [-0.39, 0.29) is 24.9 Å². The van der Waals surface area contributed by atoms with Crippen molar-refractivity contribution >= 4 is 23.2 Å². The van der Waals surface area contributed by atoms with Gasteiger partial charge in [-0.2, -0.15) is 0 Å². The van der Waals surface area contributed by atoms with Gasteiger partial charge in [0, 0.05) is 12.6 Å². The molecular formula is C16H18N2O4S. The van der Waals surface area contributed by atoms with Crippen LogP contribution in [0.3, 0.4) is 0 Å². The maximum absolute atomic E-state index is 12.5. The van der Waals surface area contributed by atoms with E-state index >= 15 is 0 Å². The first kappa shape index (κ1) is 15.7. The normalized spacial score (nSPS) is 15.3. The zero-order valence-corrected chi connectivity index (χ0v) is 13.6. The van der Waals surface area contributed by atoms with Crippen LogP contribution in [0.4, 0.5) is 0 Å². The van der Waals surface area contributed by atoms with E-state index in [9.17, 15) is 9.59 Å². The first-order valence-corrected chi connectivity index (χ1v) is 8.43. The van der Waals surface area contributed by atoms with Crippen LogP contribution in [0, 0.1) is 5.92 Å². The number of aromatic nitrogens is 1. The van der Waals surface area contributed by atoms with Gasteiger partial charge < -0.3 is 14.4 Å². The maximum atomic E-state index is 12.5. The highest BCUT2D eigenvalue weighted by Gasteiger charge is 2.34. The lowest BCUT2D eigenvalue weighted by molar-refractivity contribution is -0.143. The predicted molar refractivity (Wildman–Crippen MR) is 85.1 cm³/mol. The number of carbonyl (C=O) groups excluding carboxylic acids is 1. The van der Waals surface area contributed by atoms with Crippen molar-refractivity contribution in [3.8, 4) is 10.8 Å². The molecule has 1 unspecified atom stereocenters. The average molecular weight is 334 g/mol. The third-order valence-electron chi connectivity index (χ3n) is 3.82. The average Bonchev–Trinajstić information content (AvgIpc) is 3.01. The molecule has 122 valence electrons. The summed E-state index contributed by atoms with van der Waals surface area (Å²) in [6.45, 7) is 1.87. The van der Waals surface area contributed by atoms with Crippen molar-refractivity contribution in [1.82, 2.24) is 9.88 Å². The SMILES string of the molecule is CC(CN(C(=O)Cc1coc(-c2cccs2)n1)C1CC1)C(=O)O. The van der Waals surface area contributed by atoms with E-state index in [4.69, 9.17) is 9.52 Å². The number of hydrogen-bond acceptors (Lipinski definition) is 5. The van der Waals surface area contributed by atoms with Gasteiger partial charge in [-0.05, 0) is 24.3 Å². The van der Waals surface area contributed by atoms with Crippen LogP contribution in [0.2, 0.25) is 0 Å². The van der Waals surface area contributed by atoms with Crippen molar-refractivity contribution in [3.05, 3.63) is 29.5 Å². The predicted octanol–water partition coefficient (Wildman–Crippen LogP) is 2.66. The lowest BCUT2D eigenvalue weighted by Crippen LogP contribution is -2.39. The molecule has 3 rings (SSSR count). The fourth-order valence-electron chi connectivity index (χ4n) is 2.37. The molecular weight excluding hydrogens is 316 g/mol. The molecule has 1 saturated carbocycles. The Bertz CT molecular complexity index is 691. The number of oxazole rings is 1. The van der Waals surface area contributed by atoms with Crippen LogP contribution in [0.25, 0.3) is 10.8 Å². The number of aliphatic carboxylic acids is 1. The Morgan fingerprint density at radius 1 is 1.52 bits per heavy atom. The molecule has 7 heteroatoms. The monoisotopic (exact) mass is 334 g/mol. The summed E-state index contributed by atoms with van der Waals surface area (Å²) in [6, 6.07) is 4.00. The molecule has 0 radical (unpaired) electrons. The maximum Gasteiger partial charge on any atom is 0.308 e. The van der Waals surface area contributed by atoms with E-state index in [1.807, 2.05) is 17.5 Å². The third kappa shape index (κ3) is 3.79. The second-order valence-corrected chi connectivity index (χ2v) is 6.76. The molecule has 1 atom stereocenters. The molecule has 0 spiro atoms. The molecule has 1 aliphatic carbocycles. The van der Waals surface area contributed by atoms with Crippen molar-refractivity contribution in [2.75, 3.05) is 6.54 Å². The largest absolute Gasteiger partial charge is 0.481 e. The van der Waals surface area contributed by atoms with E-state index in [0.29, 0.717) is 11.6 Å². The number of carbonyl (C=O) groups is 2. The van der Waals surface area contributed by atoms with Gasteiger partial charge in [-0.1, -0.05) is 13.0 Å². The van der Waals surface area contributed by atoms with Crippen molar-refractivity contribution in [1.29, 1.82) is 0 Å². The molecule has 1 aliphatic rings. The van der Waals surface area contributed by atoms with Gasteiger partial charge in [0.15, 0.2) is 0 Å². The summed E-state index contributed by atoms with van der Waals surface area (Å²) in [5.41, 5.74) is 0.576. The molecule has 0 bridgehead atoms. The first-order valence-electron chi connectivity index (χ1n) is 7.55. The molecule has 0 saturated heterocycles. The minimum Gasteiger partial charge on any atom is -0.481 e. The van der Waals surface area contributed by atoms with Crippen LogP contribution in [-0.2, 0) is 16.0 Å². The van der Waals surface area contributed by atoms with Gasteiger partial charge in [0.1, 0.15) is 6.26 Å². The van der Waals surface area contributed by atoms with Gasteiger partial charge in [-0.15, -0.1) is 11.3 Å². The summed E-state index contributed by atoms with van der Waals surface area (Å²) in [4.78, 5) is 30.5. The van der Waals surface area contributed by atoms with Crippen LogP contribution in [0.5, 0.6) is 0 Å². The highest BCUT2D eigenvalue weighted by atomic mass is 32.1. The Morgan fingerprint density at radius 2 is 2.30 bits per heavy atom. The molecule has 6 nitrogen and oxygen atoms in total. The third-order valence-corrected chi connectivity index (χ3v) is 4.67. The zero-order chi connectivity index (χ0) is 16.4. The quantitative estimate of drug-likeness (QED) is 0.841. The lowest BCUT2D eigenvalue weighted by atomic mass is 10.1. The minimum atomic E-state index is -0.884. The van der Waals surface area contributed by atoms with Gasteiger partial charge in [0.25, 0.3) is 0 Å². The van der Waals surface area contributed by atoms with E-state index in [1.165, 1.54) is 17.6 Å². The molecule has 1 N–H and O–H groups in total. The van der Waals surface area contributed by atoms with Crippen LogP contribution in [0.15, 0.2) is 28.2 Å². The summed E-state index contributed by atoms with van der Waals surface area (Å²) < 4.78 is 5.42. The topological polar surface area (TPSA) is 83.6 Å². The second kappa shape index (κ2) is 6.54. The summed E-state index contributed by atoms with van der Waals surface area (Å²) in [7, 11) is 0. The smallest absolute Gasteiger partial charge is 0.308 e. The standard InChI is InChI=1S/C16H18N2O4S/c1-10(16(20)21)8-18(12-4-5-12)14(19)7-11-9-22-15(17-11)13-3-2-6-23-13/h2-3,6,9-10,12H,4-5,7-8H2,1H3,(H,20,21). The van der Waals surface area contributed by atoms with Gasteiger partial charge in [-0.3, -0.25) is 9.59 Å². The Hall–Kier alpha value is -2.15. The summed E-state index contributed by atoms with van der Waals surface area (Å²) in [5, 5.41) is 11.0. The first-order chi connectivity index (χ1) is 11.0. The van der Waals surface area contributed by atoms with Crippen LogP contribution >= 0.6 is 11.3 Å². The number of carboxylic acid groups (broad SMARTS) is 1. The van der Waals surface area contributed by atoms with Gasteiger partial charge in [-0.25, -0.2) is 4.98 Å². The number of thiophene rings is 1. The van der Waals surface area contributed by atoms with E-state index in [0.717, 1.165) is 17.7 Å². The number of hydrogen-bond donors (Lipinski definition) is 1. The van der Waals surface area contributed by atoms with Crippen LogP contribution in [-0.4, -0.2) is 39.5 Å². The fraction of sp³-hybridized carbons (Fsp3) is 0.438. The molecule has 2 aromatic heterocycles. The van der Waals surface area contributed by atoms with Crippen molar-refractivity contribution in [2.45, 2.75) is 32.2 Å². The molecule has 1 amide bonds. The molecule has 23 heavy (non-hydrogen) atoms. The summed E-state index contributed by atoms with van der Waals surface area (Å²) >= 11 is 1.52. The van der Waals surface area contributed by atoms with E-state index in [2.05, 4.69) is 4.98 Å².